The molecule has 0 aromatic heterocycles. The fourth-order valence-corrected chi connectivity index (χ4v) is 1.08. The Balaban J connectivity index is 2.34. The van der Waals surface area contributed by atoms with E-state index in [0.717, 1.165) is 19.5 Å². The summed E-state index contributed by atoms with van der Waals surface area (Å²) < 4.78 is 4.74. The molecule has 0 aliphatic carbocycles. The van der Waals surface area contributed by atoms with Gasteiger partial charge in [0.2, 0.25) is 5.91 Å². The van der Waals surface area contributed by atoms with E-state index < -0.39 is 0 Å². The van der Waals surface area contributed by atoms with Crippen molar-refractivity contribution < 1.29 is 9.53 Å². The summed E-state index contributed by atoms with van der Waals surface area (Å²) in [6.07, 6.45) is 5.07. The first-order valence-corrected chi connectivity index (χ1v) is 3.76. The number of rotatable bonds is 2. The van der Waals surface area contributed by atoms with Crippen LogP contribution in [0.4, 0.5) is 0 Å². The largest absolute Gasteiger partial charge is 0.375 e. The molecule has 0 fully saturated rings. The molecule has 3 nitrogen and oxygen atoms in total. The fraction of sp³-hybridized carbons (Fsp3) is 0.625. The summed E-state index contributed by atoms with van der Waals surface area (Å²) in [7, 11) is 1.54. The summed E-state index contributed by atoms with van der Waals surface area (Å²) in [5, 5.41) is 0. The lowest BCUT2D eigenvalue weighted by molar-refractivity contribution is -0.134. The minimum absolute atomic E-state index is 0.0804. The van der Waals surface area contributed by atoms with Gasteiger partial charge in [-0.1, -0.05) is 12.2 Å². The van der Waals surface area contributed by atoms with Gasteiger partial charge in [-0.3, -0.25) is 4.79 Å². The number of hydrogen-bond donors (Lipinski definition) is 0. The van der Waals surface area contributed by atoms with Crippen LogP contribution in [0.3, 0.4) is 0 Å². The van der Waals surface area contributed by atoms with Gasteiger partial charge in [0, 0.05) is 20.2 Å². The molecule has 1 aliphatic heterocycles. The van der Waals surface area contributed by atoms with Crippen LogP contribution < -0.4 is 0 Å². The van der Waals surface area contributed by atoms with Crippen LogP contribution in [0.5, 0.6) is 0 Å². The monoisotopic (exact) mass is 155 g/mol. The topological polar surface area (TPSA) is 29.5 Å². The van der Waals surface area contributed by atoms with Crippen molar-refractivity contribution in [1.82, 2.24) is 4.90 Å². The first-order valence-electron chi connectivity index (χ1n) is 3.76. The first kappa shape index (κ1) is 8.27. The lowest BCUT2D eigenvalue weighted by Crippen LogP contribution is -2.36. The number of nitrogens with zero attached hydrogens (tertiary/aromatic N) is 1. The molecule has 0 unspecified atom stereocenters. The van der Waals surface area contributed by atoms with Crippen LogP contribution in [0.25, 0.3) is 0 Å². The number of carbonyl (C=O) groups excluding carboxylic acids is 1. The van der Waals surface area contributed by atoms with Gasteiger partial charge in [-0.25, -0.2) is 0 Å². The van der Waals surface area contributed by atoms with E-state index in [9.17, 15) is 4.79 Å². The predicted octanol–water partition coefficient (Wildman–Crippen LogP) is 0.421. The molecule has 0 atom stereocenters. The van der Waals surface area contributed by atoms with Gasteiger partial charge >= 0.3 is 0 Å². The molecule has 1 heterocycles. The smallest absolute Gasteiger partial charge is 0.248 e. The molecule has 0 aromatic rings. The summed E-state index contributed by atoms with van der Waals surface area (Å²) in [6, 6.07) is 0. The Hall–Kier alpha value is -0.830. The molecular formula is C8H13NO2. The normalized spacial score (nSPS) is 17.0. The van der Waals surface area contributed by atoms with Crippen LogP contribution in [0, 0.1) is 0 Å². The zero-order chi connectivity index (χ0) is 8.10. The highest BCUT2D eigenvalue weighted by Gasteiger charge is 2.12. The van der Waals surface area contributed by atoms with Crippen LogP contribution in [-0.2, 0) is 9.53 Å². The standard InChI is InChI=1S/C8H13NO2/c1-11-7-8(10)9-5-3-2-4-6-9/h2-3H,4-7H2,1H3. The van der Waals surface area contributed by atoms with Gasteiger partial charge in [0.05, 0.1) is 0 Å². The molecule has 1 rings (SSSR count). The molecule has 0 N–H and O–H groups in total. The Morgan fingerprint density at radius 3 is 3.00 bits per heavy atom. The second-order valence-electron chi connectivity index (χ2n) is 2.53. The van der Waals surface area contributed by atoms with Crippen molar-refractivity contribution in [3.63, 3.8) is 0 Å². The Morgan fingerprint density at radius 2 is 2.45 bits per heavy atom. The van der Waals surface area contributed by atoms with Gasteiger partial charge in [-0.2, -0.15) is 0 Å². The molecule has 62 valence electrons. The zero-order valence-electron chi connectivity index (χ0n) is 6.75. The minimum atomic E-state index is 0.0804. The van der Waals surface area contributed by atoms with Crippen LogP contribution in [0.15, 0.2) is 12.2 Å². The maximum Gasteiger partial charge on any atom is 0.248 e. The van der Waals surface area contributed by atoms with Crippen molar-refractivity contribution in [2.75, 3.05) is 26.8 Å². The Labute approximate surface area is 66.6 Å². The van der Waals surface area contributed by atoms with Crippen LogP contribution in [0.1, 0.15) is 6.42 Å². The van der Waals surface area contributed by atoms with E-state index in [1.807, 2.05) is 6.08 Å². The third-order valence-electron chi connectivity index (χ3n) is 1.68. The van der Waals surface area contributed by atoms with Gasteiger partial charge in [0.25, 0.3) is 0 Å². The number of ether oxygens (including phenoxy) is 1. The van der Waals surface area contributed by atoms with E-state index in [4.69, 9.17) is 4.74 Å². The van der Waals surface area contributed by atoms with Crippen molar-refractivity contribution in [3.05, 3.63) is 12.2 Å². The van der Waals surface area contributed by atoms with E-state index >= 15 is 0 Å². The van der Waals surface area contributed by atoms with E-state index in [-0.39, 0.29) is 12.5 Å². The quantitative estimate of drug-likeness (QED) is 0.541. The minimum Gasteiger partial charge on any atom is -0.375 e. The summed E-state index contributed by atoms with van der Waals surface area (Å²) in [6.45, 7) is 1.77. The summed E-state index contributed by atoms with van der Waals surface area (Å²) >= 11 is 0. The number of hydrogen-bond acceptors (Lipinski definition) is 2. The highest BCUT2D eigenvalue weighted by atomic mass is 16.5. The SMILES string of the molecule is COCC(=O)N1CC=CCC1. The second-order valence-corrected chi connectivity index (χ2v) is 2.53. The fourth-order valence-electron chi connectivity index (χ4n) is 1.08. The van der Waals surface area contributed by atoms with E-state index in [0.29, 0.717) is 0 Å². The number of amides is 1. The lowest BCUT2D eigenvalue weighted by Gasteiger charge is -2.22. The molecule has 11 heavy (non-hydrogen) atoms. The Morgan fingerprint density at radius 1 is 1.64 bits per heavy atom. The maximum atomic E-state index is 11.2. The van der Waals surface area contributed by atoms with Crippen molar-refractivity contribution in [2.24, 2.45) is 0 Å². The number of methoxy groups -OCH3 is 1. The maximum absolute atomic E-state index is 11.2. The summed E-state index contributed by atoms with van der Waals surface area (Å²) in [5.41, 5.74) is 0. The number of carbonyl (C=O) groups is 1. The van der Waals surface area contributed by atoms with Gasteiger partial charge in [-0.15, -0.1) is 0 Å². The molecule has 0 radical (unpaired) electrons. The Kier molecular flexibility index (Phi) is 3.11. The molecule has 1 amide bonds. The van der Waals surface area contributed by atoms with Gasteiger partial charge in [0.1, 0.15) is 6.61 Å². The van der Waals surface area contributed by atoms with Gasteiger partial charge in [0.15, 0.2) is 0 Å². The lowest BCUT2D eigenvalue weighted by atomic mass is 10.2. The van der Waals surface area contributed by atoms with Crippen LogP contribution >= 0.6 is 0 Å². The third kappa shape index (κ3) is 2.35. The molecule has 0 spiro atoms. The molecule has 0 saturated heterocycles. The highest BCUT2D eigenvalue weighted by Crippen LogP contribution is 2.00. The average molecular weight is 155 g/mol. The molecule has 0 bridgehead atoms. The molecule has 3 heteroatoms. The van der Waals surface area contributed by atoms with Crippen LogP contribution in [0.2, 0.25) is 0 Å². The zero-order valence-corrected chi connectivity index (χ0v) is 6.75. The molecule has 0 saturated carbocycles. The van der Waals surface area contributed by atoms with E-state index in [1.165, 1.54) is 7.11 Å². The van der Waals surface area contributed by atoms with Crippen molar-refractivity contribution in [2.45, 2.75) is 6.42 Å². The average Bonchev–Trinajstić information content (AvgIpc) is 2.07. The summed E-state index contributed by atoms with van der Waals surface area (Å²) in [4.78, 5) is 13.0. The van der Waals surface area contributed by atoms with E-state index in [2.05, 4.69) is 6.08 Å². The summed E-state index contributed by atoms with van der Waals surface area (Å²) in [5.74, 6) is 0.0804. The van der Waals surface area contributed by atoms with Gasteiger partial charge in [-0.05, 0) is 6.42 Å². The van der Waals surface area contributed by atoms with E-state index in [1.54, 1.807) is 4.90 Å². The molecular weight excluding hydrogens is 142 g/mol. The Bertz CT molecular complexity index is 165. The van der Waals surface area contributed by atoms with Crippen molar-refractivity contribution >= 4 is 5.91 Å². The molecule has 1 aliphatic rings. The second kappa shape index (κ2) is 4.13. The van der Waals surface area contributed by atoms with Crippen molar-refractivity contribution in [3.8, 4) is 0 Å². The third-order valence-corrected chi connectivity index (χ3v) is 1.68. The highest BCUT2D eigenvalue weighted by molar-refractivity contribution is 5.77. The predicted molar refractivity (Wildman–Crippen MR) is 42.2 cm³/mol. The van der Waals surface area contributed by atoms with Crippen molar-refractivity contribution in [1.29, 1.82) is 0 Å². The first-order chi connectivity index (χ1) is 5.34. The molecule has 0 aromatic carbocycles. The van der Waals surface area contributed by atoms with Gasteiger partial charge < -0.3 is 9.64 Å². The van der Waals surface area contributed by atoms with Crippen LogP contribution in [-0.4, -0.2) is 37.6 Å².